The van der Waals surface area contributed by atoms with E-state index in [4.69, 9.17) is 9.84 Å². The lowest BCUT2D eigenvalue weighted by Gasteiger charge is -2.35. The van der Waals surface area contributed by atoms with E-state index < -0.39 is 24.1 Å². The molecule has 5 nitrogen and oxygen atoms in total. The van der Waals surface area contributed by atoms with Gasteiger partial charge in [-0.25, -0.2) is 0 Å². The normalized spacial score (nSPS) is 21.4. The highest BCUT2D eigenvalue weighted by atomic mass is 19.4. The molecule has 1 atom stereocenters. The smallest absolute Gasteiger partial charge is 0.471 e. The average molecular weight is 255 g/mol. The van der Waals surface area contributed by atoms with Gasteiger partial charge >= 0.3 is 18.1 Å². The first-order valence-corrected chi connectivity index (χ1v) is 4.99. The van der Waals surface area contributed by atoms with Crippen LogP contribution in [0.25, 0.3) is 0 Å². The Hall–Kier alpha value is -1.31. The molecule has 1 saturated heterocycles. The summed E-state index contributed by atoms with van der Waals surface area (Å²) in [6.07, 6.45) is -5.27. The molecular weight excluding hydrogens is 243 g/mol. The molecule has 1 amide bonds. The van der Waals surface area contributed by atoms with Crippen molar-refractivity contribution in [2.75, 3.05) is 19.8 Å². The summed E-state index contributed by atoms with van der Waals surface area (Å²) < 4.78 is 41.7. The Balaban J connectivity index is 2.65. The highest BCUT2D eigenvalue weighted by Gasteiger charge is 2.45. The molecule has 1 fully saturated rings. The number of amides is 1. The molecule has 1 aliphatic heterocycles. The molecule has 1 aliphatic rings. The Morgan fingerprint density at radius 2 is 2.06 bits per heavy atom. The fraction of sp³-hybridized carbons (Fsp3) is 0.778. The summed E-state index contributed by atoms with van der Waals surface area (Å²) in [5, 5.41) is 8.46. The van der Waals surface area contributed by atoms with Crippen molar-refractivity contribution in [1.82, 2.24) is 4.90 Å². The molecule has 0 saturated carbocycles. The summed E-state index contributed by atoms with van der Waals surface area (Å²) in [7, 11) is 0. The van der Waals surface area contributed by atoms with Gasteiger partial charge < -0.3 is 14.7 Å². The Bertz CT molecular complexity index is 305. The van der Waals surface area contributed by atoms with Crippen LogP contribution in [0.3, 0.4) is 0 Å². The van der Waals surface area contributed by atoms with E-state index in [1.807, 2.05) is 0 Å². The van der Waals surface area contributed by atoms with E-state index in [2.05, 4.69) is 0 Å². The molecule has 0 spiro atoms. The van der Waals surface area contributed by atoms with Crippen LogP contribution in [0.1, 0.15) is 12.8 Å². The fourth-order valence-corrected chi connectivity index (χ4v) is 1.61. The van der Waals surface area contributed by atoms with Crippen LogP contribution in [0.2, 0.25) is 0 Å². The van der Waals surface area contributed by atoms with Gasteiger partial charge in [0.2, 0.25) is 0 Å². The molecule has 1 rings (SSSR count). The predicted molar refractivity (Wildman–Crippen MR) is 49.2 cm³/mol. The van der Waals surface area contributed by atoms with Crippen molar-refractivity contribution in [3.8, 4) is 0 Å². The van der Waals surface area contributed by atoms with E-state index in [1.165, 1.54) is 0 Å². The molecule has 0 aromatic rings. The summed E-state index contributed by atoms with van der Waals surface area (Å²) >= 11 is 0. The van der Waals surface area contributed by atoms with Gasteiger partial charge in [-0.1, -0.05) is 0 Å². The van der Waals surface area contributed by atoms with E-state index in [1.54, 1.807) is 0 Å². The van der Waals surface area contributed by atoms with Crippen molar-refractivity contribution in [2.45, 2.75) is 25.1 Å². The van der Waals surface area contributed by atoms with Gasteiger partial charge in [0.25, 0.3) is 0 Å². The van der Waals surface area contributed by atoms with E-state index >= 15 is 0 Å². The minimum absolute atomic E-state index is 0.0331. The summed E-state index contributed by atoms with van der Waals surface area (Å²) in [5.41, 5.74) is 0. The molecule has 0 bridgehead atoms. The molecule has 0 aromatic carbocycles. The van der Waals surface area contributed by atoms with Crippen molar-refractivity contribution in [2.24, 2.45) is 0 Å². The Morgan fingerprint density at radius 3 is 2.59 bits per heavy atom. The van der Waals surface area contributed by atoms with Crippen LogP contribution in [0.4, 0.5) is 13.2 Å². The molecule has 1 unspecified atom stereocenters. The van der Waals surface area contributed by atoms with Gasteiger partial charge in [-0.3, -0.25) is 9.59 Å². The second-order valence-electron chi connectivity index (χ2n) is 3.66. The number of carboxylic acids is 1. The van der Waals surface area contributed by atoms with Crippen molar-refractivity contribution >= 4 is 11.9 Å². The number of hydrogen-bond acceptors (Lipinski definition) is 3. The maximum absolute atomic E-state index is 12.3. The van der Waals surface area contributed by atoms with Crippen molar-refractivity contribution in [3.05, 3.63) is 0 Å². The van der Waals surface area contributed by atoms with Crippen molar-refractivity contribution in [3.63, 3.8) is 0 Å². The highest BCUT2D eigenvalue weighted by Crippen LogP contribution is 2.23. The second kappa shape index (κ2) is 5.35. The van der Waals surface area contributed by atoms with Gasteiger partial charge in [0.15, 0.2) is 0 Å². The Morgan fingerprint density at radius 1 is 1.41 bits per heavy atom. The number of hydrogen-bond donors (Lipinski definition) is 1. The van der Waals surface area contributed by atoms with E-state index in [9.17, 15) is 22.8 Å². The van der Waals surface area contributed by atoms with Crippen LogP contribution in [0.5, 0.6) is 0 Å². The lowest BCUT2D eigenvalue weighted by molar-refractivity contribution is -0.193. The number of nitrogens with zero attached hydrogens (tertiary/aromatic N) is 1. The summed E-state index contributed by atoms with van der Waals surface area (Å²) in [5.74, 6) is -3.05. The van der Waals surface area contributed by atoms with E-state index in [0.29, 0.717) is 4.90 Å². The zero-order chi connectivity index (χ0) is 13.1. The van der Waals surface area contributed by atoms with Gasteiger partial charge in [0, 0.05) is 13.0 Å². The number of rotatable bonds is 3. The zero-order valence-corrected chi connectivity index (χ0v) is 8.87. The quantitative estimate of drug-likeness (QED) is 0.803. The first-order chi connectivity index (χ1) is 7.82. The van der Waals surface area contributed by atoms with Crippen LogP contribution >= 0.6 is 0 Å². The average Bonchev–Trinajstić information content (AvgIpc) is 2.24. The van der Waals surface area contributed by atoms with Gasteiger partial charge in [-0.2, -0.15) is 13.2 Å². The monoisotopic (exact) mass is 255 g/mol. The Kier molecular flexibility index (Phi) is 4.33. The highest BCUT2D eigenvalue weighted by molar-refractivity contribution is 5.82. The lowest BCUT2D eigenvalue weighted by Crippen LogP contribution is -2.53. The number of aliphatic carboxylic acids is 1. The minimum atomic E-state index is -4.93. The van der Waals surface area contributed by atoms with Gasteiger partial charge in [-0.15, -0.1) is 0 Å². The maximum Gasteiger partial charge on any atom is 0.471 e. The largest absolute Gasteiger partial charge is 0.481 e. The number of carboxylic acid groups (broad SMARTS) is 1. The first-order valence-electron chi connectivity index (χ1n) is 4.99. The number of morpholine rings is 1. The number of halogens is 3. The van der Waals surface area contributed by atoms with Gasteiger partial charge in [0.05, 0.1) is 19.3 Å². The number of ether oxygens (including phenoxy) is 1. The third kappa shape index (κ3) is 3.88. The molecule has 8 heteroatoms. The fourth-order valence-electron chi connectivity index (χ4n) is 1.61. The van der Waals surface area contributed by atoms with Gasteiger partial charge in [0.1, 0.15) is 0 Å². The molecule has 98 valence electrons. The van der Waals surface area contributed by atoms with Crippen LogP contribution < -0.4 is 0 Å². The molecule has 17 heavy (non-hydrogen) atoms. The molecule has 1 heterocycles. The van der Waals surface area contributed by atoms with Crippen molar-refractivity contribution < 1.29 is 32.6 Å². The minimum Gasteiger partial charge on any atom is -0.481 e. The second-order valence-corrected chi connectivity index (χ2v) is 3.66. The molecule has 0 aromatic heterocycles. The standard InChI is InChI=1S/C9H12F3NO4/c10-9(11,12)8(16)13-3-4-17-5-6(13)1-2-7(14)15/h6H,1-5H2,(H,14,15). The van der Waals surface area contributed by atoms with Gasteiger partial charge in [-0.05, 0) is 6.42 Å². The lowest BCUT2D eigenvalue weighted by atomic mass is 10.1. The van der Waals surface area contributed by atoms with E-state index in [0.717, 1.165) is 0 Å². The summed E-state index contributed by atoms with van der Waals surface area (Å²) in [4.78, 5) is 22.1. The van der Waals surface area contributed by atoms with Crippen molar-refractivity contribution in [1.29, 1.82) is 0 Å². The summed E-state index contributed by atoms with van der Waals surface area (Å²) in [6.45, 7) is -0.191. The predicted octanol–water partition coefficient (Wildman–Crippen LogP) is 0.641. The molecular formula is C9H12F3NO4. The SMILES string of the molecule is O=C(O)CCC1COCCN1C(=O)C(F)(F)F. The molecule has 0 radical (unpaired) electrons. The summed E-state index contributed by atoms with van der Waals surface area (Å²) in [6, 6.07) is -0.825. The maximum atomic E-state index is 12.3. The zero-order valence-electron chi connectivity index (χ0n) is 8.87. The number of carbonyl (C=O) groups is 2. The first kappa shape index (κ1) is 13.8. The van der Waals surface area contributed by atoms with Crippen LogP contribution in [-0.4, -0.2) is 53.9 Å². The third-order valence-electron chi connectivity index (χ3n) is 2.42. The van der Waals surface area contributed by atoms with Crippen LogP contribution in [0.15, 0.2) is 0 Å². The topological polar surface area (TPSA) is 66.8 Å². The van der Waals surface area contributed by atoms with Crippen LogP contribution in [0, 0.1) is 0 Å². The van der Waals surface area contributed by atoms with E-state index in [-0.39, 0.29) is 32.6 Å². The third-order valence-corrected chi connectivity index (χ3v) is 2.42. The number of alkyl halides is 3. The molecule has 1 N–H and O–H groups in total. The van der Waals surface area contributed by atoms with Crippen LogP contribution in [-0.2, 0) is 14.3 Å². The Labute approximate surface area is 95.1 Å². The number of carbonyl (C=O) groups excluding carboxylic acids is 1. The molecule has 0 aliphatic carbocycles.